The van der Waals surface area contributed by atoms with Gasteiger partial charge in [0.15, 0.2) is 5.78 Å². The molecule has 140 valence electrons. The molecule has 0 saturated carbocycles. The van der Waals surface area contributed by atoms with E-state index >= 15 is 0 Å². The first-order valence-corrected chi connectivity index (χ1v) is 8.50. The van der Waals surface area contributed by atoms with E-state index in [1.165, 1.54) is 6.92 Å². The molecule has 25 heavy (non-hydrogen) atoms. The molecule has 0 unspecified atom stereocenters. The van der Waals surface area contributed by atoms with Crippen LogP contribution in [0.2, 0.25) is 0 Å². The maximum absolute atomic E-state index is 12.2. The lowest BCUT2D eigenvalue weighted by atomic mass is 9.76. The second-order valence-electron chi connectivity index (χ2n) is 7.32. The van der Waals surface area contributed by atoms with Crippen LogP contribution in [0.3, 0.4) is 0 Å². The zero-order chi connectivity index (χ0) is 19.2. The third-order valence-electron chi connectivity index (χ3n) is 4.14. The first-order valence-electron chi connectivity index (χ1n) is 8.50. The van der Waals surface area contributed by atoms with E-state index in [2.05, 4.69) is 10.3 Å². The number of aliphatic imine (C=N–C) groups is 1. The Hall–Kier alpha value is -2.18. The van der Waals surface area contributed by atoms with Gasteiger partial charge < -0.3 is 15.5 Å². The Morgan fingerprint density at radius 2 is 1.88 bits per heavy atom. The number of carboxylic acid groups (broad SMARTS) is 1. The van der Waals surface area contributed by atoms with Crippen molar-refractivity contribution in [2.75, 3.05) is 6.54 Å². The maximum atomic E-state index is 12.2. The molecule has 0 radical (unpaired) electrons. The van der Waals surface area contributed by atoms with Crippen molar-refractivity contribution in [3.8, 4) is 0 Å². The lowest BCUT2D eigenvalue weighted by molar-refractivity contribution is -0.141. The number of rotatable bonds is 8. The summed E-state index contributed by atoms with van der Waals surface area (Å²) in [6.07, 6.45) is 2.38. The van der Waals surface area contributed by atoms with Crippen LogP contribution in [0.1, 0.15) is 59.8 Å². The van der Waals surface area contributed by atoms with Crippen LogP contribution in [0.25, 0.3) is 0 Å². The Morgan fingerprint density at radius 3 is 2.40 bits per heavy atom. The average Bonchev–Trinajstić information content (AvgIpc) is 2.42. The summed E-state index contributed by atoms with van der Waals surface area (Å²) in [4.78, 5) is 38.5. The topological polar surface area (TPSA) is 116 Å². The fraction of sp³-hybridized carbons (Fsp3) is 0.667. The minimum absolute atomic E-state index is 0.0911. The summed E-state index contributed by atoms with van der Waals surface area (Å²) in [6.45, 7) is 7.31. The van der Waals surface area contributed by atoms with E-state index in [9.17, 15) is 19.5 Å². The van der Waals surface area contributed by atoms with Gasteiger partial charge in [0.2, 0.25) is 5.91 Å². The second-order valence-corrected chi connectivity index (χ2v) is 7.32. The number of aliphatic hydroxyl groups excluding tert-OH is 1. The van der Waals surface area contributed by atoms with Gasteiger partial charge in [0.25, 0.3) is 0 Å². The minimum Gasteiger partial charge on any atom is -0.511 e. The zero-order valence-corrected chi connectivity index (χ0v) is 15.4. The van der Waals surface area contributed by atoms with Gasteiger partial charge in [0, 0.05) is 32.0 Å². The van der Waals surface area contributed by atoms with Crippen LogP contribution in [0.15, 0.2) is 16.3 Å². The van der Waals surface area contributed by atoms with E-state index in [4.69, 9.17) is 5.11 Å². The van der Waals surface area contributed by atoms with Crippen LogP contribution in [0, 0.1) is 5.41 Å². The van der Waals surface area contributed by atoms with Gasteiger partial charge in [-0.15, -0.1) is 0 Å². The number of hydrogen-bond acceptors (Lipinski definition) is 5. The normalized spacial score (nSPS) is 18.9. The maximum Gasteiger partial charge on any atom is 0.326 e. The fourth-order valence-corrected chi connectivity index (χ4v) is 2.99. The summed E-state index contributed by atoms with van der Waals surface area (Å²) in [7, 11) is 0. The van der Waals surface area contributed by atoms with Crippen molar-refractivity contribution in [3.63, 3.8) is 0 Å². The highest BCUT2D eigenvalue weighted by Gasteiger charge is 2.33. The lowest BCUT2D eigenvalue weighted by Crippen LogP contribution is -2.39. The minimum atomic E-state index is -1.06. The molecule has 0 fully saturated rings. The number of carbonyl (C=O) groups is 3. The first kappa shape index (κ1) is 20.9. The number of aliphatic hydroxyl groups is 1. The number of hydrogen-bond donors (Lipinski definition) is 3. The van der Waals surface area contributed by atoms with Gasteiger partial charge in [0.05, 0.1) is 5.57 Å². The third kappa shape index (κ3) is 6.68. The number of aliphatic carboxylic acids is 1. The van der Waals surface area contributed by atoms with Gasteiger partial charge in [-0.25, -0.2) is 4.79 Å². The Labute approximate surface area is 148 Å². The molecular weight excluding hydrogens is 324 g/mol. The molecule has 0 heterocycles. The molecular formula is C18H28N2O5. The fourth-order valence-electron chi connectivity index (χ4n) is 2.99. The number of Topliss-reactive ketones (excluding diaryl/α,β-unsaturated/α-hetero) is 1. The zero-order valence-electron chi connectivity index (χ0n) is 15.4. The molecule has 0 aliphatic heterocycles. The molecule has 1 amide bonds. The van der Waals surface area contributed by atoms with Gasteiger partial charge in [-0.05, 0) is 31.6 Å². The van der Waals surface area contributed by atoms with E-state index in [1.807, 2.05) is 13.8 Å². The monoisotopic (exact) mass is 352 g/mol. The van der Waals surface area contributed by atoms with Gasteiger partial charge in [0.1, 0.15) is 11.8 Å². The standard InChI is InChI=1S/C18H28N2O5/c1-11(16-14(22)9-18(3,4)10-15(16)23)19-8-6-5-7-13(17(24)25)20-12(2)21/h13,22H,5-10H2,1-4H3,(H,20,21)(H,24,25)/t13-/m0/s1. The third-order valence-corrected chi connectivity index (χ3v) is 4.14. The molecule has 0 aromatic carbocycles. The smallest absolute Gasteiger partial charge is 0.326 e. The molecule has 3 N–H and O–H groups in total. The van der Waals surface area contributed by atoms with Crippen LogP contribution in [-0.4, -0.2) is 46.2 Å². The van der Waals surface area contributed by atoms with E-state index in [0.717, 1.165) is 0 Å². The van der Waals surface area contributed by atoms with E-state index < -0.39 is 12.0 Å². The van der Waals surface area contributed by atoms with Crippen LogP contribution < -0.4 is 5.32 Å². The van der Waals surface area contributed by atoms with Crippen molar-refractivity contribution in [2.24, 2.45) is 10.4 Å². The van der Waals surface area contributed by atoms with Crippen LogP contribution >= 0.6 is 0 Å². The molecule has 0 bridgehead atoms. The van der Waals surface area contributed by atoms with Crippen molar-refractivity contribution in [1.29, 1.82) is 0 Å². The van der Waals surface area contributed by atoms with E-state index in [-0.39, 0.29) is 22.9 Å². The predicted molar refractivity (Wildman–Crippen MR) is 94.7 cm³/mol. The van der Waals surface area contributed by atoms with Gasteiger partial charge in [-0.1, -0.05) is 13.8 Å². The number of ketones is 1. The molecule has 7 heteroatoms. The predicted octanol–water partition coefficient (Wildman–Crippen LogP) is 2.41. The van der Waals surface area contributed by atoms with E-state index in [0.29, 0.717) is 49.9 Å². The molecule has 1 rings (SSSR count). The average molecular weight is 352 g/mol. The number of allylic oxidation sites excluding steroid dienone is 2. The summed E-state index contributed by atoms with van der Waals surface area (Å²) >= 11 is 0. The largest absolute Gasteiger partial charge is 0.511 e. The number of nitrogens with one attached hydrogen (secondary N) is 1. The molecule has 0 aromatic heterocycles. The lowest BCUT2D eigenvalue weighted by Gasteiger charge is -2.29. The number of carboxylic acids is 1. The Bertz CT molecular complexity index is 605. The molecule has 1 aliphatic carbocycles. The van der Waals surface area contributed by atoms with Gasteiger partial charge >= 0.3 is 5.97 Å². The van der Waals surface area contributed by atoms with E-state index in [1.54, 1.807) is 6.92 Å². The number of carbonyl (C=O) groups excluding carboxylic acids is 2. The molecule has 0 aromatic rings. The quantitative estimate of drug-likeness (QED) is 0.458. The van der Waals surface area contributed by atoms with Crippen molar-refractivity contribution in [2.45, 2.75) is 65.8 Å². The van der Waals surface area contributed by atoms with Gasteiger partial charge in [-0.3, -0.25) is 14.6 Å². The van der Waals surface area contributed by atoms with Crippen molar-refractivity contribution in [1.82, 2.24) is 5.32 Å². The highest BCUT2D eigenvalue weighted by atomic mass is 16.4. The molecule has 0 saturated heterocycles. The Morgan fingerprint density at radius 1 is 1.24 bits per heavy atom. The van der Waals surface area contributed by atoms with Crippen molar-refractivity contribution in [3.05, 3.63) is 11.3 Å². The van der Waals surface area contributed by atoms with Crippen molar-refractivity contribution >= 4 is 23.4 Å². The van der Waals surface area contributed by atoms with Crippen molar-refractivity contribution < 1.29 is 24.6 Å². The Kier molecular flexibility index (Phi) is 7.33. The molecule has 7 nitrogen and oxygen atoms in total. The molecule has 1 aliphatic rings. The number of nitrogens with zero attached hydrogens (tertiary/aromatic N) is 1. The molecule has 1 atom stereocenters. The summed E-state index contributed by atoms with van der Waals surface area (Å²) in [5, 5.41) is 21.6. The SMILES string of the molecule is CC(=O)N[C@@H](CCCCN=C(C)C1=C(O)CC(C)(C)CC1=O)C(=O)O. The van der Waals surface area contributed by atoms with Crippen LogP contribution in [-0.2, 0) is 14.4 Å². The Balaban J connectivity index is 2.55. The van der Waals surface area contributed by atoms with Gasteiger partial charge in [-0.2, -0.15) is 0 Å². The summed E-state index contributed by atoms with van der Waals surface area (Å²) in [6, 6.07) is -0.892. The summed E-state index contributed by atoms with van der Waals surface area (Å²) in [5.41, 5.74) is 0.608. The highest BCUT2D eigenvalue weighted by Crippen LogP contribution is 2.36. The first-order chi connectivity index (χ1) is 11.5. The number of unbranched alkanes of at least 4 members (excludes halogenated alkanes) is 1. The van der Waals surface area contributed by atoms with Crippen LogP contribution in [0.5, 0.6) is 0 Å². The second kappa shape index (κ2) is 8.78. The summed E-state index contributed by atoms with van der Waals surface area (Å²) in [5.74, 6) is -1.42. The van der Waals surface area contributed by atoms with Crippen LogP contribution in [0.4, 0.5) is 0 Å². The summed E-state index contributed by atoms with van der Waals surface area (Å²) < 4.78 is 0. The molecule has 0 spiro atoms. The number of amides is 1. The highest BCUT2D eigenvalue weighted by molar-refractivity contribution is 6.22.